The van der Waals surface area contributed by atoms with Gasteiger partial charge in [0, 0.05) is 18.1 Å². The highest BCUT2D eigenvalue weighted by atomic mass is 35.5. The van der Waals surface area contributed by atoms with Crippen molar-refractivity contribution >= 4 is 23.5 Å². The van der Waals surface area contributed by atoms with E-state index in [0.717, 1.165) is 5.56 Å². The first-order valence-corrected chi connectivity index (χ1v) is 9.63. The number of fused-ring (bicyclic) bond motifs is 1. The molecule has 7 nitrogen and oxygen atoms in total. The van der Waals surface area contributed by atoms with Gasteiger partial charge in [-0.15, -0.1) is 0 Å². The second-order valence-electron chi connectivity index (χ2n) is 6.29. The number of esters is 1. The standard InChI is InChI=1S/C21H22ClNO6/c1-2-23(12-15-3-8-18-19(11-15)27-10-9-26-18)20(24)13-29-21(25)14-28-17-6-4-16(22)5-7-17/h3-8,11H,2,9-10,12-14H2,1H3. The number of ether oxygens (including phenoxy) is 4. The van der Waals surface area contributed by atoms with Crippen LogP contribution in [0.5, 0.6) is 17.2 Å². The fourth-order valence-electron chi connectivity index (χ4n) is 2.73. The highest BCUT2D eigenvalue weighted by molar-refractivity contribution is 6.30. The molecule has 0 fully saturated rings. The van der Waals surface area contributed by atoms with Gasteiger partial charge < -0.3 is 23.8 Å². The van der Waals surface area contributed by atoms with Crippen molar-refractivity contribution in [3.05, 3.63) is 53.1 Å². The van der Waals surface area contributed by atoms with Gasteiger partial charge >= 0.3 is 5.97 Å². The zero-order chi connectivity index (χ0) is 20.6. The molecule has 29 heavy (non-hydrogen) atoms. The van der Waals surface area contributed by atoms with Gasteiger partial charge in [0.1, 0.15) is 19.0 Å². The highest BCUT2D eigenvalue weighted by Crippen LogP contribution is 2.31. The van der Waals surface area contributed by atoms with E-state index in [0.29, 0.717) is 48.6 Å². The van der Waals surface area contributed by atoms with E-state index in [1.54, 1.807) is 29.2 Å². The maximum absolute atomic E-state index is 12.4. The van der Waals surface area contributed by atoms with Crippen molar-refractivity contribution in [3.8, 4) is 17.2 Å². The lowest BCUT2D eigenvalue weighted by Gasteiger charge is -2.23. The summed E-state index contributed by atoms with van der Waals surface area (Å²) in [5.74, 6) is 0.949. The third kappa shape index (κ3) is 6.02. The number of benzene rings is 2. The Morgan fingerprint density at radius 1 is 1.03 bits per heavy atom. The van der Waals surface area contributed by atoms with E-state index in [2.05, 4.69) is 0 Å². The van der Waals surface area contributed by atoms with Crippen LogP contribution in [0.2, 0.25) is 5.02 Å². The van der Waals surface area contributed by atoms with Crippen LogP contribution in [0.15, 0.2) is 42.5 Å². The number of rotatable bonds is 8. The van der Waals surface area contributed by atoms with Gasteiger partial charge in [0.2, 0.25) is 0 Å². The minimum absolute atomic E-state index is 0.288. The Bertz CT molecular complexity index is 855. The fraction of sp³-hybridized carbons (Fsp3) is 0.333. The number of likely N-dealkylation sites (N-methyl/N-ethyl adjacent to an activating group) is 1. The lowest BCUT2D eigenvalue weighted by atomic mass is 10.2. The van der Waals surface area contributed by atoms with Crippen molar-refractivity contribution in [2.75, 3.05) is 33.0 Å². The first-order valence-electron chi connectivity index (χ1n) is 9.25. The average Bonchev–Trinajstić information content (AvgIpc) is 2.75. The van der Waals surface area contributed by atoms with Gasteiger partial charge in [-0.05, 0) is 48.9 Å². The van der Waals surface area contributed by atoms with Gasteiger partial charge in [-0.2, -0.15) is 0 Å². The number of carbonyl (C=O) groups is 2. The maximum Gasteiger partial charge on any atom is 0.344 e. The molecule has 8 heteroatoms. The first kappa shape index (κ1) is 20.8. The van der Waals surface area contributed by atoms with Crippen molar-refractivity contribution in [2.24, 2.45) is 0 Å². The topological polar surface area (TPSA) is 74.3 Å². The van der Waals surface area contributed by atoms with Crippen molar-refractivity contribution in [3.63, 3.8) is 0 Å². The second-order valence-corrected chi connectivity index (χ2v) is 6.73. The minimum Gasteiger partial charge on any atom is -0.486 e. The predicted octanol–water partition coefficient (Wildman–Crippen LogP) is 3.08. The summed E-state index contributed by atoms with van der Waals surface area (Å²) in [6.45, 7) is 3.11. The summed E-state index contributed by atoms with van der Waals surface area (Å²) in [4.78, 5) is 25.9. The molecule has 0 N–H and O–H groups in total. The van der Waals surface area contributed by atoms with Crippen LogP contribution in [-0.2, 0) is 20.9 Å². The van der Waals surface area contributed by atoms with Crippen LogP contribution in [0, 0.1) is 0 Å². The summed E-state index contributed by atoms with van der Waals surface area (Å²) in [6, 6.07) is 12.2. The number of nitrogens with zero attached hydrogens (tertiary/aromatic N) is 1. The van der Waals surface area contributed by atoms with Crippen LogP contribution >= 0.6 is 11.6 Å². The first-order chi connectivity index (χ1) is 14.0. The third-order valence-electron chi connectivity index (χ3n) is 4.24. The van der Waals surface area contributed by atoms with Crippen molar-refractivity contribution < 1.29 is 28.5 Å². The van der Waals surface area contributed by atoms with E-state index >= 15 is 0 Å². The molecule has 0 saturated carbocycles. The molecule has 1 aliphatic heterocycles. The molecular formula is C21H22ClNO6. The summed E-state index contributed by atoms with van der Waals surface area (Å²) < 4.78 is 21.4. The Morgan fingerprint density at radius 2 is 1.76 bits per heavy atom. The zero-order valence-corrected chi connectivity index (χ0v) is 16.8. The monoisotopic (exact) mass is 419 g/mol. The summed E-state index contributed by atoms with van der Waals surface area (Å²) in [5.41, 5.74) is 0.904. The molecule has 0 radical (unpaired) electrons. The summed E-state index contributed by atoms with van der Waals surface area (Å²) in [6.07, 6.45) is 0. The van der Waals surface area contributed by atoms with Gasteiger partial charge in [-0.3, -0.25) is 4.79 Å². The van der Waals surface area contributed by atoms with Crippen LogP contribution in [0.1, 0.15) is 12.5 Å². The van der Waals surface area contributed by atoms with E-state index in [-0.39, 0.29) is 19.1 Å². The Kier molecular flexibility index (Phi) is 7.19. The van der Waals surface area contributed by atoms with Crippen molar-refractivity contribution in [1.29, 1.82) is 0 Å². The third-order valence-corrected chi connectivity index (χ3v) is 4.49. The van der Waals surface area contributed by atoms with Crippen LogP contribution < -0.4 is 14.2 Å². The molecule has 0 spiro atoms. The normalized spacial score (nSPS) is 12.2. The fourth-order valence-corrected chi connectivity index (χ4v) is 2.86. The minimum atomic E-state index is -0.622. The lowest BCUT2D eigenvalue weighted by molar-refractivity contribution is -0.153. The molecular weight excluding hydrogens is 398 g/mol. The Hall–Kier alpha value is -2.93. The Morgan fingerprint density at radius 3 is 2.48 bits per heavy atom. The number of hydrogen-bond donors (Lipinski definition) is 0. The van der Waals surface area contributed by atoms with Crippen LogP contribution in [-0.4, -0.2) is 49.7 Å². The van der Waals surface area contributed by atoms with Crippen molar-refractivity contribution in [2.45, 2.75) is 13.5 Å². The van der Waals surface area contributed by atoms with Crippen LogP contribution in [0.25, 0.3) is 0 Å². The van der Waals surface area contributed by atoms with Crippen LogP contribution in [0.3, 0.4) is 0 Å². The van der Waals surface area contributed by atoms with Gasteiger partial charge in [0.15, 0.2) is 24.7 Å². The quantitative estimate of drug-likeness (QED) is 0.612. The molecule has 1 heterocycles. The number of hydrogen-bond acceptors (Lipinski definition) is 6. The molecule has 0 aliphatic carbocycles. The molecule has 1 aliphatic rings. The molecule has 0 aromatic heterocycles. The predicted molar refractivity (Wildman–Crippen MR) is 106 cm³/mol. The van der Waals surface area contributed by atoms with E-state index in [9.17, 15) is 9.59 Å². The van der Waals surface area contributed by atoms with E-state index in [4.69, 9.17) is 30.5 Å². The highest BCUT2D eigenvalue weighted by Gasteiger charge is 2.17. The molecule has 3 rings (SSSR count). The molecule has 2 aromatic rings. The number of amides is 1. The lowest BCUT2D eigenvalue weighted by Crippen LogP contribution is -2.34. The Balaban J connectivity index is 1.46. The SMILES string of the molecule is CCN(Cc1ccc2c(c1)OCCO2)C(=O)COC(=O)COc1ccc(Cl)cc1. The summed E-state index contributed by atoms with van der Waals surface area (Å²) in [5, 5.41) is 0.572. The Labute approximate surface area is 174 Å². The summed E-state index contributed by atoms with van der Waals surface area (Å²) >= 11 is 5.79. The molecule has 0 unspecified atom stereocenters. The van der Waals surface area contributed by atoms with Crippen LogP contribution in [0.4, 0.5) is 0 Å². The van der Waals surface area contributed by atoms with Gasteiger partial charge in [0.25, 0.3) is 5.91 Å². The van der Waals surface area contributed by atoms with Gasteiger partial charge in [0.05, 0.1) is 0 Å². The smallest absolute Gasteiger partial charge is 0.344 e. The second kappa shape index (κ2) is 10.0. The molecule has 0 atom stereocenters. The molecule has 2 aromatic carbocycles. The average molecular weight is 420 g/mol. The van der Waals surface area contributed by atoms with Crippen molar-refractivity contribution in [1.82, 2.24) is 4.90 Å². The van der Waals surface area contributed by atoms with E-state index < -0.39 is 5.97 Å². The molecule has 0 bridgehead atoms. The van der Waals surface area contributed by atoms with E-state index in [1.807, 2.05) is 25.1 Å². The van der Waals surface area contributed by atoms with E-state index in [1.165, 1.54) is 0 Å². The zero-order valence-electron chi connectivity index (χ0n) is 16.1. The molecule has 1 amide bonds. The number of halogens is 1. The maximum atomic E-state index is 12.4. The largest absolute Gasteiger partial charge is 0.486 e. The molecule has 154 valence electrons. The van der Waals surface area contributed by atoms with Gasteiger partial charge in [-0.1, -0.05) is 17.7 Å². The molecule has 0 saturated heterocycles. The van der Waals surface area contributed by atoms with Gasteiger partial charge in [-0.25, -0.2) is 4.79 Å². The number of carbonyl (C=O) groups excluding carboxylic acids is 2. The summed E-state index contributed by atoms with van der Waals surface area (Å²) in [7, 11) is 0.